The molecule has 0 radical (unpaired) electrons. The number of para-hydroxylation sites is 1. The molecular formula is C24H25FN2O. The van der Waals surface area contributed by atoms with Crippen molar-refractivity contribution in [2.45, 2.75) is 13.1 Å². The average Bonchev–Trinajstić information content (AvgIpc) is 2.72. The van der Waals surface area contributed by atoms with Crippen LogP contribution in [0.1, 0.15) is 11.1 Å². The number of nitrogens with zero attached hydrogens (tertiary/aromatic N) is 2. The molecule has 0 N–H and O–H groups in total. The number of benzene rings is 3. The van der Waals surface area contributed by atoms with Crippen LogP contribution in [0.3, 0.4) is 0 Å². The van der Waals surface area contributed by atoms with Crippen molar-refractivity contribution in [3.05, 3.63) is 95.8 Å². The highest BCUT2D eigenvalue weighted by Crippen LogP contribution is 2.23. The number of ether oxygens (including phenoxy) is 1. The molecule has 0 amide bonds. The summed E-state index contributed by atoms with van der Waals surface area (Å²) in [6.45, 7) is 5.46. The summed E-state index contributed by atoms with van der Waals surface area (Å²) in [5.41, 5.74) is 2.03. The fourth-order valence-corrected chi connectivity index (χ4v) is 3.56. The molecule has 3 nitrogen and oxygen atoms in total. The van der Waals surface area contributed by atoms with Gasteiger partial charge in [0.25, 0.3) is 0 Å². The normalized spacial score (nSPS) is 15.5. The van der Waals surface area contributed by atoms with E-state index in [0.29, 0.717) is 6.54 Å². The van der Waals surface area contributed by atoms with E-state index in [1.54, 1.807) is 6.07 Å². The third-order valence-corrected chi connectivity index (χ3v) is 5.10. The van der Waals surface area contributed by atoms with Gasteiger partial charge in [0, 0.05) is 44.8 Å². The van der Waals surface area contributed by atoms with Crippen LogP contribution in [0.25, 0.3) is 0 Å². The quantitative estimate of drug-likeness (QED) is 0.606. The Balaban J connectivity index is 1.30. The molecule has 1 saturated heterocycles. The van der Waals surface area contributed by atoms with Crippen LogP contribution in [0.4, 0.5) is 4.39 Å². The van der Waals surface area contributed by atoms with Crippen molar-refractivity contribution in [2.75, 3.05) is 26.2 Å². The molecule has 0 aromatic heterocycles. The zero-order chi connectivity index (χ0) is 19.2. The number of piperazine rings is 1. The monoisotopic (exact) mass is 376 g/mol. The van der Waals surface area contributed by atoms with Gasteiger partial charge in [-0.05, 0) is 35.9 Å². The summed E-state index contributed by atoms with van der Waals surface area (Å²) in [6.07, 6.45) is 0. The van der Waals surface area contributed by atoms with Gasteiger partial charge in [-0.25, -0.2) is 4.39 Å². The maximum Gasteiger partial charge on any atom is 0.127 e. The van der Waals surface area contributed by atoms with Crippen LogP contribution in [-0.4, -0.2) is 36.0 Å². The second-order valence-electron chi connectivity index (χ2n) is 7.21. The second-order valence-corrected chi connectivity index (χ2v) is 7.21. The van der Waals surface area contributed by atoms with E-state index in [9.17, 15) is 4.39 Å². The summed E-state index contributed by atoms with van der Waals surface area (Å²) in [5, 5.41) is 0. The Morgan fingerprint density at radius 2 is 1.32 bits per heavy atom. The highest BCUT2D eigenvalue weighted by molar-refractivity contribution is 5.33. The largest absolute Gasteiger partial charge is 0.457 e. The van der Waals surface area contributed by atoms with E-state index in [1.165, 1.54) is 11.6 Å². The third-order valence-electron chi connectivity index (χ3n) is 5.10. The molecule has 0 aliphatic carbocycles. The molecule has 0 saturated carbocycles. The van der Waals surface area contributed by atoms with Gasteiger partial charge in [-0.2, -0.15) is 0 Å². The van der Waals surface area contributed by atoms with Crippen molar-refractivity contribution >= 4 is 0 Å². The summed E-state index contributed by atoms with van der Waals surface area (Å²) >= 11 is 0. The number of rotatable bonds is 6. The SMILES string of the molecule is Fc1ccccc1CN1CCN(Cc2cccc(Oc3ccccc3)c2)CC1. The van der Waals surface area contributed by atoms with E-state index in [-0.39, 0.29) is 5.82 Å². The predicted octanol–water partition coefficient (Wildman–Crippen LogP) is 4.94. The highest BCUT2D eigenvalue weighted by atomic mass is 19.1. The average molecular weight is 376 g/mol. The van der Waals surface area contributed by atoms with Crippen LogP contribution in [0, 0.1) is 5.82 Å². The van der Waals surface area contributed by atoms with Crippen molar-refractivity contribution in [3.63, 3.8) is 0 Å². The summed E-state index contributed by atoms with van der Waals surface area (Å²) < 4.78 is 19.8. The van der Waals surface area contributed by atoms with Crippen molar-refractivity contribution in [3.8, 4) is 11.5 Å². The van der Waals surface area contributed by atoms with Crippen LogP contribution >= 0.6 is 0 Å². The molecule has 0 spiro atoms. The van der Waals surface area contributed by atoms with E-state index >= 15 is 0 Å². The van der Waals surface area contributed by atoms with Crippen LogP contribution in [0.15, 0.2) is 78.9 Å². The van der Waals surface area contributed by atoms with Crippen LogP contribution in [0.5, 0.6) is 11.5 Å². The Kier molecular flexibility index (Phi) is 6.00. The molecule has 28 heavy (non-hydrogen) atoms. The minimum Gasteiger partial charge on any atom is -0.457 e. The zero-order valence-electron chi connectivity index (χ0n) is 15.9. The fraction of sp³-hybridized carbons (Fsp3) is 0.250. The molecule has 0 bridgehead atoms. The lowest BCUT2D eigenvalue weighted by molar-refractivity contribution is 0.121. The predicted molar refractivity (Wildman–Crippen MR) is 110 cm³/mol. The maximum absolute atomic E-state index is 13.9. The molecule has 1 heterocycles. The first-order valence-electron chi connectivity index (χ1n) is 9.76. The van der Waals surface area contributed by atoms with E-state index in [4.69, 9.17) is 4.74 Å². The highest BCUT2D eigenvalue weighted by Gasteiger charge is 2.18. The van der Waals surface area contributed by atoms with Gasteiger partial charge in [-0.15, -0.1) is 0 Å². The van der Waals surface area contributed by atoms with Gasteiger partial charge in [0.2, 0.25) is 0 Å². The molecule has 0 unspecified atom stereocenters. The number of halogens is 1. The first-order chi connectivity index (χ1) is 13.8. The Bertz CT molecular complexity index is 892. The van der Waals surface area contributed by atoms with E-state index in [0.717, 1.165) is 49.8 Å². The fourth-order valence-electron chi connectivity index (χ4n) is 3.56. The molecule has 1 aliphatic rings. The Morgan fingerprint density at radius 3 is 2.07 bits per heavy atom. The lowest BCUT2D eigenvalue weighted by Gasteiger charge is -2.34. The third kappa shape index (κ3) is 4.97. The Hall–Kier alpha value is -2.69. The molecule has 4 rings (SSSR count). The van der Waals surface area contributed by atoms with Crippen LogP contribution in [0.2, 0.25) is 0 Å². The van der Waals surface area contributed by atoms with Gasteiger partial charge < -0.3 is 4.74 Å². The smallest absolute Gasteiger partial charge is 0.127 e. The minimum atomic E-state index is -0.111. The van der Waals surface area contributed by atoms with E-state index < -0.39 is 0 Å². The molecule has 0 atom stereocenters. The maximum atomic E-state index is 13.9. The molecule has 3 aromatic rings. The van der Waals surface area contributed by atoms with Crippen molar-refractivity contribution in [2.24, 2.45) is 0 Å². The zero-order valence-corrected chi connectivity index (χ0v) is 15.9. The van der Waals surface area contributed by atoms with Gasteiger partial charge in [0.1, 0.15) is 17.3 Å². The minimum absolute atomic E-state index is 0.111. The Morgan fingerprint density at radius 1 is 0.679 bits per heavy atom. The van der Waals surface area contributed by atoms with Gasteiger partial charge in [0.15, 0.2) is 0 Å². The van der Waals surface area contributed by atoms with Gasteiger partial charge >= 0.3 is 0 Å². The standard InChI is InChI=1S/C24H25FN2O/c25-24-12-5-4-8-21(24)19-27-15-13-26(14-16-27)18-20-7-6-11-23(17-20)28-22-9-2-1-3-10-22/h1-12,17H,13-16,18-19H2. The summed E-state index contributed by atoms with van der Waals surface area (Å²) in [6, 6.07) is 25.2. The summed E-state index contributed by atoms with van der Waals surface area (Å²) in [5.74, 6) is 1.60. The topological polar surface area (TPSA) is 15.7 Å². The molecular weight excluding hydrogens is 351 g/mol. The van der Waals surface area contributed by atoms with E-state index in [2.05, 4.69) is 21.9 Å². The first-order valence-corrected chi connectivity index (χ1v) is 9.76. The van der Waals surface area contributed by atoms with Gasteiger partial charge in [0.05, 0.1) is 0 Å². The van der Waals surface area contributed by atoms with Crippen molar-refractivity contribution in [1.29, 1.82) is 0 Å². The first kappa shape index (κ1) is 18.7. The molecule has 4 heteroatoms. The number of hydrogen-bond acceptors (Lipinski definition) is 3. The van der Waals surface area contributed by atoms with Crippen molar-refractivity contribution in [1.82, 2.24) is 9.80 Å². The van der Waals surface area contributed by atoms with Crippen LogP contribution in [-0.2, 0) is 13.1 Å². The second kappa shape index (κ2) is 9.00. The lowest BCUT2D eigenvalue weighted by Crippen LogP contribution is -2.45. The molecule has 1 aliphatic heterocycles. The van der Waals surface area contributed by atoms with Gasteiger partial charge in [-0.3, -0.25) is 9.80 Å². The molecule has 144 valence electrons. The van der Waals surface area contributed by atoms with Crippen LogP contribution < -0.4 is 4.74 Å². The number of hydrogen-bond donors (Lipinski definition) is 0. The van der Waals surface area contributed by atoms with Gasteiger partial charge in [-0.1, -0.05) is 48.5 Å². The summed E-state index contributed by atoms with van der Waals surface area (Å²) in [4.78, 5) is 4.77. The molecule has 1 fully saturated rings. The Labute approximate surface area is 166 Å². The lowest BCUT2D eigenvalue weighted by atomic mass is 10.1. The van der Waals surface area contributed by atoms with Crippen molar-refractivity contribution < 1.29 is 9.13 Å². The molecule has 3 aromatic carbocycles. The van der Waals surface area contributed by atoms with E-state index in [1.807, 2.05) is 54.6 Å². The summed E-state index contributed by atoms with van der Waals surface area (Å²) in [7, 11) is 0.